The number of sulfonamides is 1. The molecule has 0 spiro atoms. The van der Waals surface area contributed by atoms with E-state index in [4.69, 9.17) is 5.73 Å². The van der Waals surface area contributed by atoms with Crippen LogP contribution in [0, 0.1) is 0 Å². The van der Waals surface area contributed by atoms with Crippen LogP contribution in [-0.4, -0.2) is 62.1 Å². The van der Waals surface area contributed by atoms with Gasteiger partial charge in [-0.05, 0) is 32.4 Å². The largest absolute Gasteiger partial charge is 0.329 e. The summed E-state index contributed by atoms with van der Waals surface area (Å²) < 4.78 is 25.4. The van der Waals surface area contributed by atoms with E-state index in [1.54, 1.807) is 4.31 Å². The van der Waals surface area contributed by atoms with Gasteiger partial charge in [-0.3, -0.25) is 4.90 Å². The molecule has 0 aliphatic carbocycles. The van der Waals surface area contributed by atoms with Gasteiger partial charge in [-0.1, -0.05) is 6.42 Å². The third-order valence-corrected chi connectivity index (χ3v) is 5.67. The SMILES string of the molecule is NCCS(=O)(=O)N1CCC(N2CCCCC2)C1. The fourth-order valence-corrected chi connectivity index (χ4v) is 4.16. The van der Waals surface area contributed by atoms with Crippen LogP contribution in [0.1, 0.15) is 25.7 Å². The van der Waals surface area contributed by atoms with Crippen LogP contribution in [0.25, 0.3) is 0 Å². The maximum Gasteiger partial charge on any atom is 0.215 e. The van der Waals surface area contributed by atoms with Gasteiger partial charge in [0.25, 0.3) is 0 Å². The molecule has 2 N–H and O–H groups in total. The lowest BCUT2D eigenvalue weighted by molar-refractivity contribution is 0.169. The Morgan fingerprint density at radius 3 is 2.47 bits per heavy atom. The standard InChI is InChI=1S/C11H23N3O2S/c12-5-9-17(15,16)14-8-4-11(10-14)13-6-2-1-3-7-13/h11H,1-10,12H2. The lowest BCUT2D eigenvalue weighted by atomic mass is 10.1. The number of hydrogen-bond donors (Lipinski definition) is 1. The summed E-state index contributed by atoms with van der Waals surface area (Å²) >= 11 is 0. The van der Waals surface area contributed by atoms with E-state index in [1.807, 2.05) is 0 Å². The molecule has 0 amide bonds. The van der Waals surface area contributed by atoms with Crippen molar-refractivity contribution in [1.29, 1.82) is 0 Å². The summed E-state index contributed by atoms with van der Waals surface area (Å²) in [6, 6.07) is 0.433. The van der Waals surface area contributed by atoms with Crippen LogP contribution in [0.4, 0.5) is 0 Å². The molecule has 0 radical (unpaired) electrons. The van der Waals surface area contributed by atoms with Gasteiger partial charge in [0, 0.05) is 25.7 Å². The van der Waals surface area contributed by atoms with E-state index in [2.05, 4.69) is 4.90 Å². The van der Waals surface area contributed by atoms with Gasteiger partial charge >= 0.3 is 0 Å². The fraction of sp³-hybridized carbons (Fsp3) is 1.00. The third kappa shape index (κ3) is 3.19. The maximum absolute atomic E-state index is 11.9. The quantitative estimate of drug-likeness (QED) is 0.763. The van der Waals surface area contributed by atoms with Gasteiger partial charge in [0.1, 0.15) is 0 Å². The zero-order chi connectivity index (χ0) is 12.3. The molecule has 0 aromatic carbocycles. The Morgan fingerprint density at radius 2 is 1.82 bits per heavy atom. The lowest BCUT2D eigenvalue weighted by Crippen LogP contribution is -2.42. The number of hydrogen-bond acceptors (Lipinski definition) is 4. The highest BCUT2D eigenvalue weighted by Gasteiger charge is 2.33. The molecule has 2 saturated heterocycles. The van der Waals surface area contributed by atoms with E-state index >= 15 is 0 Å². The summed E-state index contributed by atoms with van der Waals surface area (Å²) in [5.74, 6) is 0.0831. The van der Waals surface area contributed by atoms with E-state index in [1.165, 1.54) is 19.3 Å². The lowest BCUT2D eigenvalue weighted by Gasteiger charge is -2.32. The van der Waals surface area contributed by atoms with Crippen molar-refractivity contribution in [3.63, 3.8) is 0 Å². The van der Waals surface area contributed by atoms with Crippen LogP contribution in [0.3, 0.4) is 0 Å². The summed E-state index contributed by atoms with van der Waals surface area (Å²) in [5, 5.41) is 0. The minimum absolute atomic E-state index is 0.0831. The molecule has 2 aliphatic heterocycles. The molecular weight excluding hydrogens is 238 g/mol. The second-order valence-electron chi connectivity index (χ2n) is 5.00. The molecule has 0 saturated carbocycles. The molecule has 17 heavy (non-hydrogen) atoms. The monoisotopic (exact) mass is 261 g/mol. The van der Waals surface area contributed by atoms with Gasteiger partial charge in [-0.25, -0.2) is 12.7 Å². The van der Waals surface area contributed by atoms with Crippen LogP contribution < -0.4 is 5.73 Å². The smallest absolute Gasteiger partial charge is 0.215 e. The van der Waals surface area contributed by atoms with E-state index in [9.17, 15) is 8.42 Å². The van der Waals surface area contributed by atoms with Crippen molar-refractivity contribution in [1.82, 2.24) is 9.21 Å². The average molecular weight is 261 g/mol. The third-order valence-electron chi connectivity index (χ3n) is 3.80. The van der Waals surface area contributed by atoms with Gasteiger partial charge in [0.15, 0.2) is 0 Å². The van der Waals surface area contributed by atoms with Gasteiger partial charge in [-0.2, -0.15) is 0 Å². The van der Waals surface area contributed by atoms with E-state index < -0.39 is 10.0 Å². The van der Waals surface area contributed by atoms with Crippen LogP contribution in [0.5, 0.6) is 0 Å². The number of rotatable bonds is 4. The maximum atomic E-state index is 11.9. The molecule has 1 atom stereocenters. The number of nitrogens with zero attached hydrogens (tertiary/aromatic N) is 2. The van der Waals surface area contributed by atoms with E-state index in [-0.39, 0.29) is 12.3 Å². The first kappa shape index (κ1) is 13.3. The molecule has 2 aliphatic rings. The summed E-state index contributed by atoms with van der Waals surface area (Å²) in [4.78, 5) is 2.46. The van der Waals surface area contributed by atoms with Gasteiger partial charge in [-0.15, -0.1) is 0 Å². The predicted molar refractivity (Wildman–Crippen MR) is 68.2 cm³/mol. The molecule has 2 heterocycles. The fourth-order valence-electron chi connectivity index (χ4n) is 2.82. The summed E-state index contributed by atoms with van der Waals surface area (Å²) in [6.45, 7) is 3.82. The van der Waals surface area contributed by atoms with Crippen molar-refractivity contribution >= 4 is 10.0 Å². The van der Waals surface area contributed by atoms with Crippen LogP contribution in [0.15, 0.2) is 0 Å². The Bertz CT molecular complexity index is 339. The first-order valence-electron chi connectivity index (χ1n) is 6.55. The Morgan fingerprint density at radius 1 is 1.12 bits per heavy atom. The molecule has 1 unspecified atom stereocenters. The Labute approximate surface area is 104 Å². The topological polar surface area (TPSA) is 66.6 Å². The van der Waals surface area contributed by atoms with Crippen molar-refractivity contribution in [3.05, 3.63) is 0 Å². The minimum atomic E-state index is -3.10. The normalized spacial score (nSPS) is 28.6. The summed E-state index contributed by atoms with van der Waals surface area (Å²) in [6.07, 6.45) is 4.81. The highest BCUT2D eigenvalue weighted by molar-refractivity contribution is 7.89. The van der Waals surface area contributed by atoms with Crippen LogP contribution in [-0.2, 0) is 10.0 Å². The Balaban J connectivity index is 1.90. The van der Waals surface area contributed by atoms with Crippen LogP contribution >= 0.6 is 0 Å². The Kier molecular flexibility index (Phi) is 4.41. The second-order valence-corrected chi connectivity index (χ2v) is 7.09. The molecule has 6 heteroatoms. The number of nitrogens with two attached hydrogens (primary N) is 1. The van der Waals surface area contributed by atoms with Crippen molar-refractivity contribution in [2.24, 2.45) is 5.73 Å². The molecule has 5 nitrogen and oxygen atoms in total. The molecule has 2 fully saturated rings. The second kappa shape index (κ2) is 5.65. The zero-order valence-electron chi connectivity index (χ0n) is 10.3. The van der Waals surface area contributed by atoms with Gasteiger partial charge in [0.2, 0.25) is 10.0 Å². The minimum Gasteiger partial charge on any atom is -0.329 e. The summed E-state index contributed by atoms with van der Waals surface area (Å²) in [5.41, 5.74) is 5.34. The first-order valence-corrected chi connectivity index (χ1v) is 8.16. The number of piperidine rings is 1. The van der Waals surface area contributed by atoms with Crippen molar-refractivity contribution in [3.8, 4) is 0 Å². The molecule has 0 aromatic heterocycles. The molecule has 0 aromatic rings. The Hall–Kier alpha value is -0.170. The highest BCUT2D eigenvalue weighted by Crippen LogP contribution is 2.22. The molecule has 100 valence electrons. The van der Waals surface area contributed by atoms with Gasteiger partial charge in [0.05, 0.1) is 5.75 Å². The van der Waals surface area contributed by atoms with E-state index in [0.29, 0.717) is 19.1 Å². The predicted octanol–water partition coefficient (Wildman–Crippen LogP) is -0.165. The molecule has 0 bridgehead atoms. The van der Waals surface area contributed by atoms with Crippen molar-refractivity contribution in [2.45, 2.75) is 31.7 Å². The van der Waals surface area contributed by atoms with Crippen molar-refractivity contribution in [2.75, 3.05) is 38.5 Å². The number of likely N-dealkylation sites (tertiary alicyclic amines) is 1. The molecular formula is C11H23N3O2S. The first-order chi connectivity index (χ1) is 8.13. The highest BCUT2D eigenvalue weighted by atomic mass is 32.2. The van der Waals surface area contributed by atoms with Gasteiger partial charge < -0.3 is 5.73 Å². The van der Waals surface area contributed by atoms with Crippen molar-refractivity contribution < 1.29 is 8.42 Å². The zero-order valence-corrected chi connectivity index (χ0v) is 11.2. The van der Waals surface area contributed by atoms with E-state index in [0.717, 1.165) is 19.5 Å². The van der Waals surface area contributed by atoms with Crippen LogP contribution in [0.2, 0.25) is 0 Å². The summed E-state index contributed by atoms with van der Waals surface area (Å²) in [7, 11) is -3.10. The molecule has 2 rings (SSSR count). The average Bonchev–Trinajstić information content (AvgIpc) is 2.80.